The first-order valence-corrected chi connectivity index (χ1v) is 9.38. The fraction of sp³-hybridized carbons (Fsp3) is 0.895. The Kier molecular flexibility index (Phi) is 5.59. The van der Waals surface area contributed by atoms with Crippen LogP contribution in [-0.2, 0) is 0 Å². The van der Waals surface area contributed by atoms with E-state index < -0.39 is 0 Å². The van der Waals surface area contributed by atoms with E-state index in [2.05, 4.69) is 11.4 Å². The summed E-state index contributed by atoms with van der Waals surface area (Å²) < 4.78 is 0. The molecule has 0 aromatic heterocycles. The summed E-state index contributed by atoms with van der Waals surface area (Å²) in [6.45, 7) is 1.24. The summed E-state index contributed by atoms with van der Waals surface area (Å²) in [6, 6.07) is 0.697. The average molecular weight is 275 g/mol. The lowest BCUT2D eigenvalue weighted by molar-refractivity contribution is 0.321. The van der Waals surface area contributed by atoms with Gasteiger partial charge in [-0.25, -0.2) is 0 Å². The van der Waals surface area contributed by atoms with E-state index in [0.29, 0.717) is 6.04 Å². The molecule has 1 atom stereocenters. The molecule has 1 heteroatoms. The van der Waals surface area contributed by atoms with Crippen molar-refractivity contribution in [1.29, 1.82) is 0 Å². The predicted octanol–water partition coefficient (Wildman–Crippen LogP) is 5.22. The number of allylic oxidation sites excluding steroid dienone is 1. The maximum atomic E-state index is 3.75. The molecule has 1 saturated heterocycles. The van der Waals surface area contributed by atoms with Crippen LogP contribution in [0.25, 0.3) is 0 Å². The SMILES string of the molecule is C(=C(C1CCCCC1)C1CCCCC1)[C@@H]1CCCCN1. The standard InChI is InChI=1S/C19H33N/c1-3-9-16(10-4-1)19(17-11-5-2-6-12-17)15-18-13-7-8-14-20-18/h15-18,20H,1-14H2/t18-/m0/s1. The monoisotopic (exact) mass is 275 g/mol. The lowest BCUT2D eigenvalue weighted by atomic mass is 9.73. The lowest BCUT2D eigenvalue weighted by Crippen LogP contribution is -2.33. The van der Waals surface area contributed by atoms with Crippen LogP contribution in [0.3, 0.4) is 0 Å². The van der Waals surface area contributed by atoms with Gasteiger partial charge in [-0.15, -0.1) is 0 Å². The largest absolute Gasteiger partial charge is 0.311 e. The minimum absolute atomic E-state index is 0.697. The van der Waals surface area contributed by atoms with E-state index >= 15 is 0 Å². The van der Waals surface area contributed by atoms with Crippen molar-refractivity contribution in [3.63, 3.8) is 0 Å². The molecule has 3 aliphatic rings. The third-order valence-electron chi connectivity index (χ3n) is 5.90. The van der Waals surface area contributed by atoms with Gasteiger partial charge in [0.2, 0.25) is 0 Å². The van der Waals surface area contributed by atoms with Crippen LogP contribution in [0.2, 0.25) is 0 Å². The second-order valence-corrected chi connectivity index (χ2v) is 7.39. The summed E-state index contributed by atoms with van der Waals surface area (Å²) in [5, 5.41) is 3.75. The van der Waals surface area contributed by atoms with Crippen LogP contribution in [0.4, 0.5) is 0 Å². The normalized spacial score (nSPS) is 30.1. The smallest absolute Gasteiger partial charge is 0.0252 e. The summed E-state index contributed by atoms with van der Waals surface area (Å²) in [7, 11) is 0. The van der Waals surface area contributed by atoms with Crippen molar-refractivity contribution in [2.24, 2.45) is 11.8 Å². The van der Waals surface area contributed by atoms with Crippen LogP contribution in [0.1, 0.15) is 83.5 Å². The highest BCUT2D eigenvalue weighted by molar-refractivity contribution is 5.16. The predicted molar refractivity (Wildman–Crippen MR) is 86.9 cm³/mol. The molecular weight excluding hydrogens is 242 g/mol. The zero-order valence-corrected chi connectivity index (χ0v) is 13.2. The van der Waals surface area contributed by atoms with Crippen molar-refractivity contribution < 1.29 is 0 Å². The highest BCUT2D eigenvalue weighted by atomic mass is 14.9. The molecule has 0 amide bonds. The van der Waals surface area contributed by atoms with Crippen LogP contribution in [0.5, 0.6) is 0 Å². The van der Waals surface area contributed by atoms with E-state index in [4.69, 9.17) is 0 Å². The highest BCUT2D eigenvalue weighted by Crippen LogP contribution is 2.40. The van der Waals surface area contributed by atoms with Gasteiger partial charge in [-0.05, 0) is 56.9 Å². The number of hydrogen-bond acceptors (Lipinski definition) is 1. The van der Waals surface area contributed by atoms with Crippen LogP contribution in [0.15, 0.2) is 11.6 Å². The Morgan fingerprint density at radius 3 is 1.70 bits per heavy atom. The fourth-order valence-corrected chi connectivity index (χ4v) is 4.73. The number of rotatable bonds is 3. The molecule has 0 radical (unpaired) electrons. The molecule has 0 unspecified atom stereocenters. The van der Waals surface area contributed by atoms with Crippen LogP contribution in [0, 0.1) is 11.8 Å². The first-order valence-electron chi connectivity index (χ1n) is 9.38. The van der Waals surface area contributed by atoms with E-state index in [-0.39, 0.29) is 0 Å². The Morgan fingerprint density at radius 1 is 0.650 bits per heavy atom. The van der Waals surface area contributed by atoms with Gasteiger partial charge in [0.1, 0.15) is 0 Å². The van der Waals surface area contributed by atoms with E-state index in [1.807, 2.05) is 5.57 Å². The van der Waals surface area contributed by atoms with Crippen LogP contribution < -0.4 is 5.32 Å². The number of hydrogen-bond donors (Lipinski definition) is 1. The van der Waals surface area contributed by atoms with Crippen molar-refractivity contribution >= 4 is 0 Å². The fourth-order valence-electron chi connectivity index (χ4n) is 4.73. The minimum atomic E-state index is 0.697. The molecule has 0 aromatic rings. The maximum Gasteiger partial charge on any atom is 0.0252 e. The Balaban J connectivity index is 1.71. The summed E-state index contributed by atoms with van der Waals surface area (Å²) in [6.07, 6.45) is 21.7. The van der Waals surface area contributed by atoms with Crippen molar-refractivity contribution in [1.82, 2.24) is 5.32 Å². The Bertz CT molecular complexity index is 282. The molecule has 114 valence electrons. The first-order chi connectivity index (χ1) is 9.93. The quantitative estimate of drug-likeness (QED) is 0.697. The Labute approximate surface area is 125 Å². The molecule has 0 spiro atoms. The molecule has 0 aromatic carbocycles. The van der Waals surface area contributed by atoms with E-state index in [1.165, 1.54) is 90.0 Å². The number of piperidine rings is 1. The summed E-state index contributed by atoms with van der Waals surface area (Å²) in [5.41, 5.74) is 1.89. The molecule has 20 heavy (non-hydrogen) atoms. The average Bonchev–Trinajstić information content (AvgIpc) is 2.55. The van der Waals surface area contributed by atoms with E-state index in [0.717, 1.165) is 11.8 Å². The molecule has 1 heterocycles. The topological polar surface area (TPSA) is 12.0 Å². The summed E-state index contributed by atoms with van der Waals surface area (Å²) in [5.74, 6) is 1.88. The molecular formula is C19H33N. The van der Waals surface area contributed by atoms with Gasteiger partial charge in [-0.1, -0.05) is 56.6 Å². The third kappa shape index (κ3) is 3.87. The molecule has 1 aliphatic heterocycles. The van der Waals surface area contributed by atoms with Gasteiger partial charge in [-0.3, -0.25) is 0 Å². The summed E-state index contributed by atoms with van der Waals surface area (Å²) in [4.78, 5) is 0. The van der Waals surface area contributed by atoms with Crippen molar-refractivity contribution in [2.45, 2.75) is 89.5 Å². The molecule has 3 fully saturated rings. The summed E-state index contributed by atoms with van der Waals surface area (Å²) >= 11 is 0. The van der Waals surface area contributed by atoms with Crippen molar-refractivity contribution in [2.75, 3.05) is 6.54 Å². The van der Waals surface area contributed by atoms with Gasteiger partial charge in [0.25, 0.3) is 0 Å². The minimum Gasteiger partial charge on any atom is -0.311 e. The molecule has 3 rings (SSSR count). The lowest BCUT2D eigenvalue weighted by Gasteiger charge is -2.34. The van der Waals surface area contributed by atoms with Gasteiger partial charge in [-0.2, -0.15) is 0 Å². The van der Waals surface area contributed by atoms with Crippen LogP contribution in [-0.4, -0.2) is 12.6 Å². The maximum absolute atomic E-state index is 3.75. The molecule has 0 bridgehead atoms. The Morgan fingerprint density at radius 2 is 1.20 bits per heavy atom. The zero-order chi connectivity index (χ0) is 13.6. The van der Waals surface area contributed by atoms with Crippen molar-refractivity contribution in [3.05, 3.63) is 11.6 Å². The molecule has 2 saturated carbocycles. The van der Waals surface area contributed by atoms with Crippen LogP contribution >= 0.6 is 0 Å². The third-order valence-corrected chi connectivity index (χ3v) is 5.90. The van der Waals surface area contributed by atoms with Crippen molar-refractivity contribution in [3.8, 4) is 0 Å². The second-order valence-electron chi connectivity index (χ2n) is 7.39. The van der Waals surface area contributed by atoms with Gasteiger partial charge in [0.05, 0.1) is 0 Å². The van der Waals surface area contributed by atoms with E-state index in [1.54, 1.807) is 0 Å². The van der Waals surface area contributed by atoms with Gasteiger partial charge in [0, 0.05) is 6.04 Å². The Hall–Kier alpha value is -0.300. The van der Waals surface area contributed by atoms with Gasteiger partial charge < -0.3 is 5.32 Å². The van der Waals surface area contributed by atoms with Gasteiger partial charge in [0.15, 0.2) is 0 Å². The molecule has 2 aliphatic carbocycles. The molecule has 1 N–H and O–H groups in total. The van der Waals surface area contributed by atoms with E-state index in [9.17, 15) is 0 Å². The first kappa shape index (κ1) is 14.6. The second kappa shape index (κ2) is 7.64. The van der Waals surface area contributed by atoms with Gasteiger partial charge >= 0.3 is 0 Å². The number of nitrogens with one attached hydrogen (secondary N) is 1. The molecule has 1 nitrogen and oxygen atoms in total. The zero-order valence-electron chi connectivity index (χ0n) is 13.2. The highest BCUT2D eigenvalue weighted by Gasteiger charge is 2.26.